The number of hydrogen-bond acceptors (Lipinski definition) is 5. The number of carbonyl (C=O) groups excluding carboxylic acids is 1. The van der Waals surface area contributed by atoms with Gasteiger partial charge < -0.3 is 10.1 Å². The Kier molecular flexibility index (Phi) is 9.77. The maximum atomic E-state index is 11.0. The van der Waals surface area contributed by atoms with Crippen molar-refractivity contribution < 1.29 is 9.53 Å². The summed E-state index contributed by atoms with van der Waals surface area (Å²) in [7, 11) is 5.49. The Morgan fingerprint density at radius 2 is 2.00 bits per heavy atom. The summed E-state index contributed by atoms with van der Waals surface area (Å²) in [6.07, 6.45) is 0. The van der Waals surface area contributed by atoms with E-state index in [2.05, 4.69) is 5.32 Å². The molecule has 1 N–H and O–H groups in total. The Morgan fingerprint density at radius 3 is 2.57 bits per heavy atom. The zero-order valence-electron chi connectivity index (χ0n) is 9.04. The first-order valence-corrected chi connectivity index (χ1v) is 7.23. The molecule has 0 aromatic rings. The van der Waals surface area contributed by atoms with Crippen molar-refractivity contribution >= 4 is 27.6 Å². The smallest absolute Gasteiger partial charge is 0.308 e. The van der Waals surface area contributed by atoms with E-state index in [1.54, 1.807) is 21.6 Å². The summed E-state index contributed by atoms with van der Waals surface area (Å²) in [5.41, 5.74) is 0. The van der Waals surface area contributed by atoms with Crippen molar-refractivity contribution in [3.8, 4) is 0 Å². The molecule has 14 heavy (non-hydrogen) atoms. The fourth-order valence-corrected chi connectivity index (χ4v) is 2.44. The SMILES string of the molecule is CNCCSSCCOC(=O)C(C)C. The summed E-state index contributed by atoms with van der Waals surface area (Å²) >= 11 is 0. The van der Waals surface area contributed by atoms with Gasteiger partial charge in [0.15, 0.2) is 0 Å². The highest BCUT2D eigenvalue weighted by atomic mass is 33.1. The van der Waals surface area contributed by atoms with Gasteiger partial charge in [0.2, 0.25) is 0 Å². The molecule has 0 radical (unpaired) electrons. The molecular formula is C9H19NO2S2. The van der Waals surface area contributed by atoms with Gasteiger partial charge in [-0.05, 0) is 7.05 Å². The van der Waals surface area contributed by atoms with Crippen LogP contribution in [-0.2, 0) is 9.53 Å². The second-order valence-corrected chi connectivity index (χ2v) is 5.77. The number of rotatable bonds is 8. The van der Waals surface area contributed by atoms with Crippen LogP contribution in [0.3, 0.4) is 0 Å². The van der Waals surface area contributed by atoms with E-state index in [1.165, 1.54) is 0 Å². The van der Waals surface area contributed by atoms with Crippen molar-refractivity contribution in [2.45, 2.75) is 13.8 Å². The third kappa shape index (κ3) is 8.72. The Morgan fingerprint density at radius 1 is 1.36 bits per heavy atom. The van der Waals surface area contributed by atoms with Gasteiger partial charge in [0.05, 0.1) is 5.92 Å². The maximum Gasteiger partial charge on any atom is 0.308 e. The Hall–Kier alpha value is 0.130. The van der Waals surface area contributed by atoms with Gasteiger partial charge in [-0.25, -0.2) is 0 Å². The Labute approximate surface area is 94.1 Å². The largest absolute Gasteiger partial charge is 0.465 e. The normalized spacial score (nSPS) is 10.6. The molecule has 0 rings (SSSR count). The topological polar surface area (TPSA) is 38.3 Å². The third-order valence-corrected chi connectivity index (χ3v) is 3.77. The van der Waals surface area contributed by atoms with Crippen LogP contribution in [0.1, 0.15) is 13.8 Å². The molecule has 0 saturated heterocycles. The number of esters is 1. The molecule has 0 unspecified atom stereocenters. The molecule has 0 aromatic carbocycles. The van der Waals surface area contributed by atoms with E-state index in [0.717, 1.165) is 18.1 Å². The van der Waals surface area contributed by atoms with E-state index < -0.39 is 0 Å². The lowest BCUT2D eigenvalue weighted by molar-refractivity contribution is -0.146. The van der Waals surface area contributed by atoms with E-state index in [9.17, 15) is 4.79 Å². The molecule has 0 atom stereocenters. The maximum absolute atomic E-state index is 11.0. The summed E-state index contributed by atoms with van der Waals surface area (Å²) in [4.78, 5) is 11.0. The van der Waals surface area contributed by atoms with Crippen LogP contribution in [0.5, 0.6) is 0 Å². The second kappa shape index (κ2) is 9.68. The van der Waals surface area contributed by atoms with Crippen LogP contribution in [-0.4, -0.2) is 37.7 Å². The monoisotopic (exact) mass is 237 g/mol. The van der Waals surface area contributed by atoms with Crippen molar-refractivity contribution in [1.82, 2.24) is 5.32 Å². The van der Waals surface area contributed by atoms with E-state index in [4.69, 9.17) is 4.74 Å². The molecule has 0 aliphatic heterocycles. The van der Waals surface area contributed by atoms with Crippen molar-refractivity contribution in [3.05, 3.63) is 0 Å². The third-order valence-electron chi connectivity index (χ3n) is 1.40. The van der Waals surface area contributed by atoms with Crippen LogP contribution in [0, 0.1) is 5.92 Å². The zero-order chi connectivity index (χ0) is 10.8. The molecule has 0 bridgehead atoms. The van der Waals surface area contributed by atoms with E-state index in [1.807, 2.05) is 20.9 Å². The fourth-order valence-electron chi connectivity index (χ4n) is 0.605. The van der Waals surface area contributed by atoms with Gasteiger partial charge in [0, 0.05) is 18.1 Å². The quantitative estimate of drug-likeness (QED) is 0.396. The van der Waals surface area contributed by atoms with Crippen LogP contribution in [0.15, 0.2) is 0 Å². The van der Waals surface area contributed by atoms with Crippen molar-refractivity contribution in [3.63, 3.8) is 0 Å². The summed E-state index contributed by atoms with van der Waals surface area (Å²) in [6, 6.07) is 0. The predicted octanol–water partition coefficient (Wildman–Crippen LogP) is 1.79. The number of ether oxygens (including phenoxy) is 1. The molecule has 84 valence electrons. The lowest BCUT2D eigenvalue weighted by Gasteiger charge is -2.06. The average molecular weight is 237 g/mol. The van der Waals surface area contributed by atoms with Gasteiger partial charge in [-0.1, -0.05) is 35.4 Å². The molecule has 0 aliphatic rings. The van der Waals surface area contributed by atoms with E-state index >= 15 is 0 Å². The van der Waals surface area contributed by atoms with Gasteiger partial charge >= 0.3 is 5.97 Å². The highest BCUT2D eigenvalue weighted by molar-refractivity contribution is 8.76. The highest BCUT2D eigenvalue weighted by Crippen LogP contribution is 2.19. The number of carbonyl (C=O) groups is 1. The standard InChI is InChI=1S/C9H19NO2S2/c1-8(2)9(11)12-5-7-14-13-6-4-10-3/h8,10H,4-7H2,1-3H3. The minimum Gasteiger partial charge on any atom is -0.465 e. The lowest BCUT2D eigenvalue weighted by Crippen LogP contribution is -2.13. The van der Waals surface area contributed by atoms with Gasteiger partial charge in [-0.15, -0.1) is 0 Å². The minimum absolute atomic E-state index is 0.0167. The summed E-state index contributed by atoms with van der Waals surface area (Å²) in [5, 5.41) is 3.07. The Bertz CT molecular complexity index is 154. The summed E-state index contributed by atoms with van der Waals surface area (Å²) < 4.78 is 5.02. The Balaban J connectivity index is 3.10. The first-order valence-electron chi connectivity index (χ1n) is 4.74. The van der Waals surface area contributed by atoms with Crippen LogP contribution < -0.4 is 5.32 Å². The first kappa shape index (κ1) is 14.1. The van der Waals surface area contributed by atoms with Crippen LogP contribution in [0.4, 0.5) is 0 Å². The number of hydrogen-bond donors (Lipinski definition) is 1. The van der Waals surface area contributed by atoms with Crippen LogP contribution in [0.2, 0.25) is 0 Å². The predicted molar refractivity (Wildman–Crippen MR) is 64.6 cm³/mol. The molecule has 3 nitrogen and oxygen atoms in total. The second-order valence-electron chi connectivity index (χ2n) is 3.07. The average Bonchev–Trinajstić information content (AvgIpc) is 2.16. The molecule has 0 amide bonds. The molecule has 0 aliphatic carbocycles. The molecule has 0 saturated carbocycles. The molecule has 0 aromatic heterocycles. The first-order chi connectivity index (χ1) is 6.68. The zero-order valence-corrected chi connectivity index (χ0v) is 10.7. The van der Waals surface area contributed by atoms with Crippen molar-refractivity contribution in [1.29, 1.82) is 0 Å². The molecule has 0 spiro atoms. The summed E-state index contributed by atoms with van der Waals surface area (Å²) in [5.74, 6) is 1.83. The summed E-state index contributed by atoms with van der Waals surface area (Å²) in [6.45, 7) is 5.23. The fraction of sp³-hybridized carbons (Fsp3) is 0.889. The van der Waals surface area contributed by atoms with Crippen molar-refractivity contribution in [2.24, 2.45) is 5.92 Å². The van der Waals surface area contributed by atoms with Gasteiger partial charge in [-0.2, -0.15) is 0 Å². The van der Waals surface area contributed by atoms with Gasteiger partial charge in [0.25, 0.3) is 0 Å². The molecule has 5 heteroatoms. The van der Waals surface area contributed by atoms with E-state index in [-0.39, 0.29) is 11.9 Å². The van der Waals surface area contributed by atoms with Gasteiger partial charge in [0.1, 0.15) is 6.61 Å². The molecule has 0 heterocycles. The lowest BCUT2D eigenvalue weighted by atomic mass is 10.2. The van der Waals surface area contributed by atoms with Gasteiger partial charge in [-0.3, -0.25) is 4.79 Å². The molecule has 0 fully saturated rings. The number of nitrogens with one attached hydrogen (secondary N) is 1. The van der Waals surface area contributed by atoms with Crippen LogP contribution in [0.25, 0.3) is 0 Å². The minimum atomic E-state index is -0.106. The molecular weight excluding hydrogens is 218 g/mol. The van der Waals surface area contributed by atoms with Crippen LogP contribution >= 0.6 is 21.6 Å². The van der Waals surface area contributed by atoms with Crippen molar-refractivity contribution in [2.75, 3.05) is 31.7 Å². The van der Waals surface area contributed by atoms with E-state index in [0.29, 0.717) is 6.61 Å². The highest BCUT2D eigenvalue weighted by Gasteiger charge is 2.06.